The van der Waals surface area contributed by atoms with Crippen molar-refractivity contribution in [3.8, 4) is 0 Å². The molecule has 1 aliphatic carbocycles. The van der Waals surface area contributed by atoms with E-state index in [4.69, 9.17) is 5.73 Å². The Balaban J connectivity index is 2.18. The molecular weight excluding hydrogens is 269 g/mol. The molecular formula is C14H17F3N2O. The second-order valence-electron chi connectivity index (χ2n) is 5.22. The number of benzene rings is 1. The first-order valence-corrected chi connectivity index (χ1v) is 6.53. The normalized spacial score (nSPS) is 22.9. The van der Waals surface area contributed by atoms with Crippen molar-refractivity contribution in [3.05, 3.63) is 29.3 Å². The van der Waals surface area contributed by atoms with E-state index in [9.17, 15) is 18.0 Å². The van der Waals surface area contributed by atoms with Gasteiger partial charge in [0.2, 0.25) is 5.91 Å². The molecule has 110 valence electrons. The molecule has 0 aromatic heterocycles. The number of aryl methyl sites for hydroxylation is 1. The van der Waals surface area contributed by atoms with Gasteiger partial charge >= 0.3 is 6.18 Å². The van der Waals surface area contributed by atoms with E-state index >= 15 is 0 Å². The van der Waals surface area contributed by atoms with Gasteiger partial charge in [-0.2, -0.15) is 13.2 Å². The zero-order chi connectivity index (χ0) is 14.9. The van der Waals surface area contributed by atoms with Gasteiger partial charge in [-0.25, -0.2) is 0 Å². The molecule has 3 nitrogen and oxygen atoms in total. The number of hydrogen-bond donors (Lipinski definition) is 2. The lowest BCUT2D eigenvalue weighted by Gasteiger charge is -2.17. The number of nitrogens with two attached hydrogens (primary N) is 1. The minimum atomic E-state index is -4.42. The van der Waals surface area contributed by atoms with E-state index in [0.29, 0.717) is 12.0 Å². The number of carbonyl (C=O) groups excluding carboxylic acids is 1. The SMILES string of the molecule is Cc1ccc(C(F)(F)F)cc1NC(=O)C1CCCC1N. The summed E-state index contributed by atoms with van der Waals surface area (Å²) in [6.07, 6.45) is -2.08. The Morgan fingerprint density at radius 2 is 2.05 bits per heavy atom. The third kappa shape index (κ3) is 3.12. The van der Waals surface area contributed by atoms with Crippen LogP contribution in [0.25, 0.3) is 0 Å². The number of halogens is 3. The van der Waals surface area contributed by atoms with Gasteiger partial charge in [-0.1, -0.05) is 12.5 Å². The molecule has 0 spiro atoms. The Morgan fingerprint density at radius 3 is 2.60 bits per heavy atom. The molecule has 20 heavy (non-hydrogen) atoms. The summed E-state index contributed by atoms with van der Waals surface area (Å²) in [4.78, 5) is 12.1. The van der Waals surface area contributed by atoms with Crippen molar-refractivity contribution in [3.63, 3.8) is 0 Å². The van der Waals surface area contributed by atoms with Gasteiger partial charge < -0.3 is 11.1 Å². The molecule has 0 saturated heterocycles. The molecule has 0 bridgehead atoms. The molecule has 1 fully saturated rings. The molecule has 3 N–H and O–H groups in total. The highest BCUT2D eigenvalue weighted by atomic mass is 19.4. The van der Waals surface area contributed by atoms with Gasteiger partial charge in [0.1, 0.15) is 0 Å². The summed E-state index contributed by atoms with van der Waals surface area (Å²) in [6.45, 7) is 1.66. The largest absolute Gasteiger partial charge is 0.416 e. The van der Waals surface area contributed by atoms with E-state index in [-0.39, 0.29) is 23.6 Å². The van der Waals surface area contributed by atoms with Crippen LogP contribution in [0.1, 0.15) is 30.4 Å². The van der Waals surface area contributed by atoms with Crippen molar-refractivity contribution in [1.29, 1.82) is 0 Å². The average Bonchev–Trinajstić information content (AvgIpc) is 2.77. The lowest BCUT2D eigenvalue weighted by molar-refractivity contribution is -0.137. The molecule has 0 radical (unpaired) electrons. The Hall–Kier alpha value is -1.56. The number of alkyl halides is 3. The monoisotopic (exact) mass is 286 g/mol. The quantitative estimate of drug-likeness (QED) is 0.877. The minimum Gasteiger partial charge on any atom is -0.327 e. The Kier molecular flexibility index (Phi) is 4.04. The highest BCUT2D eigenvalue weighted by Crippen LogP contribution is 2.32. The highest BCUT2D eigenvalue weighted by molar-refractivity contribution is 5.94. The summed E-state index contributed by atoms with van der Waals surface area (Å²) >= 11 is 0. The van der Waals surface area contributed by atoms with E-state index in [1.54, 1.807) is 6.92 Å². The molecule has 1 aromatic carbocycles. The van der Waals surface area contributed by atoms with Gasteiger partial charge in [0.25, 0.3) is 0 Å². The van der Waals surface area contributed by atoms with Crippen LogP contribution in [0, 0.1) is 12.8 Å². The maximum absolute atomic E-state index is 12.7. The average molecular weight is 286 g/mol. The Bertz CT molecular complexity index is 514. The fourth-order valence-corrected chi connectivity index (χ4v) is 2.47. The second-order valence-corrected chi connectivity index (χ2v) is 5.22. The number of nitrogens with one attached hydrogen (secondary N) is 1. The first-order chi connectivity index (χ1) is 9.29. The van der Waals surface area contributed by atoms with Crippen LogP contribution >= 0.6 is 0 Å². The van der Waals surface area contributed by atoms with Crippen molar-refractivity contribution in [2.24, 2.45) is 11.7 Å². The van der Waals surface area contributed by atoms with Gasteiger partial charge in [0.05, 0.1) is 11.5 Å². The number of hydrogen-bond acceptors (Lipinski definition) is 2. The first-order valence-electron chi connectivity index (χ1n) is 6.53. The lowest BCUT2D eigenvalue weighted by Crippen LogP contribution is -2.34. The van der Waals surface area contributed by atoms with E-state index in [1.165, 1.54) is 6.07 Å². The van der Waals surface area contributed by atoms with Crippen LogP contribution in [0.3, 0.4) is 0 Å². The van der Waals surface area contributed by atoms with Crippen LogP contribution in [0.15, 0.2) is 18.2 Å². The number of anilines is 1. The number of rotatable bonds is 2. The summed E-state index contributed by atoms with van der Waals surface area (Å²) in [5, 5.41) is 2.58. The number of amides is 1. The van der Waals surface area contributed by atoms with Crippen molar-refractivity contribution in [1.82, 2.24) is 0 Å². The summed E-state index contributed by atoms with van der Waals surface area (Å²) in [6, 6.07) is 3.12. The molecule has 0 aliphatic heterocycles. The molecule has 1 aliphatic rings. The minimum absolute atomic E-state index is 0.198. The fraction of sp³-hybridized carbons (Fsp3) is 0.500. The maximum Gasteiger partial charge on any atom is 0.416 e. The molecule has 2 rings (SSSR count). The molecule has 0 heterocycles. The predicted octanol–water partition coefficient (Wildman–Crippen LogP) is 3.08. The smallest absolute Gasteiger partial charge is 0.327 e. The van der Waals surface area contributed by atoms with Gasteiger partial charge in [0.15, 0.2) is 0 Å². The van der Waals surface area contributed by atoms with Crippen LogP contribution in [0.4, 0.5) is 18.9 Å². The molecule has 6 heteroatoms. The molecule has 2 unspecified atom stereocenters. The number of carbonyl (C=O) groups is 1. The topological polar surface area (TPSA) is 55.1 Å². The molecule has 2 atom stereocenters. The van der Waals surface area contributed by atoms with Crippen LogP contribution in [-0.2, 0) is 11.0 Å². The highest BCUT2D eigenvalue weighted by Gasteiger charge is 2.32. The second kappa shape index (κ2) is 5.44. The van der Waals surface area contributed by atoms with Crippen molar-refractivity contribution < 1.29 is 18.0 Å². The van der Waals surface area contributed by atoms with Gasteiger partial charge in [-0.15, -0.1) is 0 Å². The van der Waals surface area contributed by atoms with E-state index < -0.39 is 11.7 Å². The van der Waals surface area contributed by atoms with Crippen molar-refractivity contribution in [2.75, 3.05) is 5.32 Å². The van der Waals surface area contributed by atoms with Crippen LogP contribution < -0.4 is 11.1 Å². The Morgan fingerprint density at radius 1 is 1.35 bits per heavy atom. The third-order valence-electron chi connectivity index (χ3n) is 3.73. The van der Waals surface area contributed by atoms with Crippen LogP contribution in [0.5, 0.6) is 0 Å². The third-order valence-corrected chi connectivity index (χ3v) is 3.73. The fourth-order valence-electron chi connectivity index (χ4n) is 2.47. The van der Waals surface area contributed by atoms with Crippen molar-refractivity contribution in [2.45, 2.75) is 38.4 Å². The molecule has 1 saturated carbocycles. The van der Waals surface area contributed by atoms with Crippen molar-refractivity contribution >= 4 is 11.6 Å². The van der Waals surface area contributed by atoms with Crippen LogP contribution in [-0.4, -0.2) is 11.9 Å². The van der Waals surface area contributed by atoms with Crippen LogP contribution in [0.2, 0.25) is 0 Å². The standard InChI is InChI=1S/C14H17F3N2O/c1-8-5-6-9(14(15,16)17)7-12(8)19-13(20)10-3-2-4-11(10)18/h5-7,10-11H,2-4,18H2,1H3,(H,19,20). The maximum atomic E-state index is 12.7. The Labute approximate surface area is 115 Å². The van der Waals surface area contributed by atoms with E-state index in [1.807, 2.05) is 0 Å². The zero-order valence-electron chi connectivity index (χ0n) is 11.1. The van der Waals surface area contributed by atoms with E-state index in [0.717, 1.165) is 25.0 Å². The van der Waals surface area contributed by atoms with Gasteiger partial charge in [-0.05, 0) is 37.5 Å². The first kappa shape index (κ1) is 14.8. The summed E-state index contributed by atoms with van der Waals surface area (Å²) in [5.74, 6) is -0.610. The predicted molar refractivity (Wildman–Crippen MR) is 70.1 cm³/mol. The summed E-state index contributed by atoms with van der Waals surface area (Å²) < 4.78 is 38.0. The zero-order valence-corrected chi connectivity index (χ0v) is 11.1. The van der Waals surface area contributed by atoms with E-state index in [2.05, 4.69) is 5.32 Å². The molecule has 1 aromatic rings. The summed E-state index contributed by atoms with van der Waals surface area (Å²) in [5.41, 5.74) is 5.85. The lowest BCUT2D eigenvalue weighted by atomic mass is 10.0. The van der Waals surface area contributed by atoms with Gasteiger partial charge in [0, 0.05) is 11.7 Å². The summed E-state index contributed by atoms with van der Waals surface area (Å²) in [7, 11) is 0. The molecule has 1 amide bonds. The van der Waals surface area contributed by atoms with Gasteiger partial charge in [-0.3, -0.25) is 4.79 Å².